The lowest BCUT2D eigenvalue weighted by Crippen LogP contribution is -2.10. The van der Waals surface area contributed by atoms with E-state index in [0.29, 0.717) is 23.7 Å². The fraction of sp³-hybridized carbons (Fsp3) is 0.324. The molecule has 0 atom stereocenters. The second-order valence-corrected chi connectivity index (χ2v) is 12.0. The first-order valence-corrected chi connectivity index (χ1v) is 14.5. The van der Waals surface area contributed by atoms with Crippen LogP contribution in [0.25, 0.3) is 11.1 Å². The SMILES string of the molecule is CC(C)c1cccc(C(C)C)c1[N+]1=C=[N+](c2c(C(C)C)cccc2C(C)C)c2cc(-c3ccccc3)ccc21. The van der Waals surface area contributed by atoms with Crippen molar-refractivity contribution in [2.45, 2.75) is 79.1 Å². The van der Waals surface area contributed by atoms with Crippen LogP contribution in [0.2, 0.25) is 0 Å². The lowest BCUT2D eigenvalue weighted by atomic mass is 9.91. The Morgan fingerprint density at radius 1 is 0.436 bits per heavy atom. The Bertz CT molecular complexity index is 1530. The summed E-state index contributed by atoms with van der Waals surface area (Å²) >= 11 is 0. The van der Waals surface area contributed by atoms with Gasteiger partial charge in [0.1, 0.15) is 0 Å². The molecule has 1 aliphatic rings. The minimum atomic E-state index is 0.393. The second kappa shape index (κ2) is 10.8. The van der Waals surface area contributed by atoms with Crippen LogP contribution in [0.5, 0.6) is 0 Å². The zero-order chi connectivity index (χ0) is 27.8. The predicted molar refractivity (Wildman–Crippen MR) is 169 cm³/mol. The van der Waals surface area contributed by atoms with Crippen molar-refractivity contribution in [2.24, 2.45) is 0 Å². The van der Waals surface area contributed by atoms with Gasteiger partial charge >= 0.3 is 6.01 Å². The highest BCUT2D eigenvalue weighted by molar-refractivity contribution is 5.89. The van der Waals surface area contributed by atoms with Crippen LogP contribution in [0.3, 0.4) is 0 Å². The van der Waals surface area contributed by atoms with E-state index in [2.05, 4.69) is 155 Å². The van der Waals surface area contributed by atoms with Gasteiger partial charge in [0.2, 0.25) is 11.4 Å². The minimum absolute atomic E-state index is 0.393. The van der Waals surface area contributed by atoms with E-state index in [9.17, 15) is 0 Å². The summed E-state index contributed by atoms with van der Waals surface area (Å²) in [4.78, 5) is 0. The molecule has 4 aromatic rings. The fourth-order valence-electron chi connectivity index (χ4n) is 5.79. The van der Waals surface area contributed by atoms with E-state index in [4.69, 9.17) is 0 Å². The van der Waals surface area contributed by atoms with E-state index in [0.717, 1.165) is 0 Å². The molecule has 4 aromatic carbocycles. The highest BCUT2D eigenvalue weighted by atomic mass is 15.2. The van der Waals surface area contributed by atoms with E-state index < -0.39 is 0 Å². The number of nitrogens with zero attached hydrogens (tertiary/aromatic N) is 2. The number of hydrogen-bond acceptors (Lipinski definition) is 0. The molecule has 0 radical (unpaired) electrons. The first-order valence-electron chi connectivity index (χ1n) is 14.5. The van der Waals surface area contributed by atoms with E-state index in [1.54, 1.807) is 0 Å². The van der Waals surface area contributed by atoms with Gasteiger partial charge in [0.25, 0.3) is 11.4 Å². The lowest BCUT2D eigenvalue weighted by molar-refractivity contribution is 0.815. The third-order valence-corrected chi connectivity index (χ3v) is 7.90. The molecule has 1 aliphatic heterocycles. The average molecular weight is 515 g/mol. The Balaban J connectivity index is 1.90. The summed E-state index contributed by atoms with van der Waals surface area (Å²) in [5.41, 5.74) is 12.8. The molecule has 0 unspecified atom stereocenters. The molecule has 0 N–H and O–H groups in total. The van der Waals surface area contributed by atoms with Crippen LogP contribution in [0, 0.1) is 0 Å². The van der Waals surface area contributed by atoms with E-state index in [1.807, 2.05) is 0 Å². The van der Waals surface area contributed by atoms with Gasteiger partial charge in [-0.1, -0.05) is 122 Å². The van der Waals surface area contributed by atoms with Gasteiger partial charge in [-0.05, 0) is 50.0 Å². The molecule has 0 spiro atoms. The Kier molecular flexibility index (Phi) is 7.43. The summed E-state index contributed by atoms with van der Waals surface area (Å²) in [6.07, 6.45) is 0. The summed E-state index contributed by atoms with van der Waals surface area (Å²) in [5.74, 6) is 1.58. The zero-order valence-electron chi connectivity index (χ0n) is 24.8. The van der Waals surface area contributed by atoms with Gasteiger partial charge in [-0.15, -0.1) is 0 Å². The molecule has 2 nitrogen and oxygen atoms in total. The Morgan fingerprint density at radius 2 is 0.872 bits per heavy atom. The van der Waals surface area contributed by atoms with Crippen molar-refractivity contribution >= 4 is 28.8 Å². The summed E-state index contributed by atoms with van der Waals surface area (Å²) in [7, 11) is 0. The first kappa shape index (κ1) is 26.9. The Hall–Kier alpha value is -3.74. The monoisotopic (exact) mass is 514 g/mol. The molecule has 0 saturated carbocycles. The molecule has 0 aromatic heterocycles. The number of benzene rings is 4. The van der Waals surface area contributed by atoms with Gasteiger partial charge in [0.05, 0.1) is 0 Å². The molecular weight excluding hydrogens is 472 g/mol. The van der Waals surface area contributed by atoms with Gasteiger partial charge in [-0.2, -0.15) is 0 Å². The Labute approximate surface area is 235 Å². The molecule has 0 amide bonds. The van der Waals surface area contributed by atoms with Crippen molar-refractivity contribution < 1.29 is 0 Å². The molecule has 2 heteroatoms. The van der Waals surface area contributed by atoms with Gasteiger partial charge in [-0.3, -0.25) is 0 Å². The number of hydrogen-bond donors (Lipinski definition) is 0. The van der Waals surface area contributed by atoms with Gasteiger partial charge in [-0.25, -0.2) is 0 Å². The predicted octanol–water partition coefficient (Wildman–Crippen LogP) is 10.7. The summed E-state index contributed by atoms with van der Waals surface area (Å²) in [5, 5.41) is 0. The number of rotatable bonds is 7. The van der Waals surface area contributed by atoms with E-state index in [-0.39, 0.29) is 0 Å². The van der Waals surface area contributed by atoms with Crippen LogP contribution in [0.15, 0.2) is 84.9 Å². The van der Waals surface area contributed by atoms with Crippen LogP contribution in [-0.4, -0.2) is 6.01 Å². The van der Waals surface area contributed by atoms with Gasteiger partial charge < -0.3 is 0 Å². The minimum Gasteiger partial charge on any atom is -0.0622 e. The molecule has 0 saturated heterocycles. The van der Waals surface area contributed by atoms with Crippen LogP contribution in [0.4, 0.5) is 22.7 Å². The number of para-hydroxylation sites is 2. The first-order chi connectivity index (χ1) is 18.7. The third kappa shape index (κ3) is 4.90. The summed E-state index contributed by atoms with van der Waals surface area (Å²) in [6.45, 7) is 18.3. The normalized spacial score (nSPS) is 12.9. The second-order valence-electron chi connectivity index (χ2n) is 12.0. The van der Waals surface area contributed by atoms with Crippen LogP contribution in [0.1, 0.15) is 101 Å². The van der Waals surface area contributed by atoms with Crippen molar-refractivity contribution in [1.82, 2.24) is 9.15 Å². The largest absolute Gasteiger partial charge is 0.503 e. The van der Waals surface area contributed by atoms with E-state index in [1.165, 1.54) is 56.1 Å². The van der Waals surface area contributed by atoms with Crippen LogP contribution in [-0.2, 0) is 0 Å². The lowest BCUT2D eigenvalue weighted by Gasteiger charge is -2.14. The zero-order valence-corrected chi connectivity index (χ0v) is 24.8. The van der Waals surface area contributed by atoms with Gasteiger partial charge in [0.15, 0.2) is 0 Å². The molecule has 198 valence electrons. The topological polar surface area (TPSA) is 6.02 Å². The van der Waals surface area contributed by atoms with Crippen LogP contribution < -0.4 is 9.15 Å². The molecule has 39 heavy (non-hydrogen) atoms. The molecule has 0 aliphatic carbocycles. The van der Waals surface area contributed by atoms with E-state index >= 15 is 0 Å². The molecule has 1 heterocycles. The summed E-state index contributed by atoms with van der Waals surface area (Å²) < 4.78 is 4.70. The molecule has 0 bridgehead atoms. The highest BCUT2D eigenvalue weighted by Gasteiger charge is 2.42. The highest BCUT2D eigenvalue weighted by Crippen LogP contribution is 2.45. The smallest absolute Gasteiger partial charge is 0.0622 e. The standard InChI is InChI=1S/C37H42N2/c1-24(2)30-16-12-17-31(25(3)4)36(30)38-23-39(37-32(26(5)6)18-13-19-33(37)27(7)8)35-22-29(20-21-34(35)38)28-14-10-9-11-15-28/h9-22,24-27H,1-8H3/q+2. The van der Waals surface area contributed by atoms with Crippen molar-refractivity contribution in [3.05, 3.63) is 107 Å². The molecule has 0 fully saturated rings. The maximum Gasteiger partial charge on any atom is 0.503 e. The summed E-state index contributed by atoms with van der Waals surface area (Å²) in [6, 6.07) is 35.1. The van der Waals surface area contributed by atoms with Crippen molar-refractivity contribution in [1.29, 1.82) is 0 Å². The molecular formula is C37H42N2+2. The Morgan fingerprint density at radius 3 is 1.31 bits per heavy atom. The van der Waals surface area contributed by atoms with Crippen molar-refractivity contribution in [2.75, 3.05) is 0 Å². The maximum absolute atomic E-state index is 3.92. The quantitative estimate of drug-likeness (QED) is 0.191. The number of fused-ring (bicyclic) bond motifs is 1. The average Bonchev–Trinajstić information content (AvgIpc) is 3.30. The van der Waals surface area contributed by atoms with Crippen molar-refractivity contribution in [3.8, 4) is 11.1 Å². The maximum atomic E-state index is 3.92. The van der Waals surface area contributed by atoms with Gasteiger partial charge in [0, 0.05) is 34.4 Å². The fourth-order valence-corrected chi connectivity index (χ4v) is 5.79. The molecule has 5 rings (SSSR count). The third-order valence-electron chi connectivity index (χ3n) is 7.90. The van der Waals surface area contributed by atoms with Crippen molar-refractivity contribution in [3.63, 3.8) is 0 Å². The van der Waals surface area contributed by atoms with Crippen LogP contribution >= 0.6 is 0 Å².